The average Bonchev–Trinajstić information content (AvgIpc) is 2.67. The van der Waals surface area contributed by atoms with E-state index in [1.807, 2.05) is 17.9 Å². The maximum atomic E-state index is 12.9. The molecule has 0 unspecified atom stereocenters. The van der Waals surface area contributed by atoms with Crippen molar-refractivity contribution in [1.29, 1.82) is 5.26 Å². The molecule has 5 nitrogen and oxygen atoms in total. The Labute approximate surface area is 161 Å². The summed E-state index contributed by atoms with van der Waals surface area (Å²) in [5, 5.41) is 12.9. The van der Waals surface area contributed by atoms with Gasteiger partial charge in [0.05, 0.1) is 0 Å². The molecule has 6 heteroatoms. The number of carbonyl (C=O) groups excluding carboxylic acids is 1. The number of hydrogen-bond acceptors (Lipinski definition) is 4. The van der Waals surface area contributed by atoms with Gasteiger partial charge < -0.3 is 15.0 Å². The zero-order chi connectivity index (χ0) is 17.6. The van der Waals surface area contributed by atoms with Crippen molar-refractivity contribution in [3.63, 3.8) is 0 Å². The molecular formula is C20H26ClN3O2. The second-order valence-electron chi connectivity index (χ2n) is 6.56. The molecule has 26 heavy (non-hydrogen) atoms. The molecule has 1 aromatic rings. The quantitative estimate of drug-likeness (QED) is 0.649. The van der Waals surface area contributed by atoms with Crippen LogP contribution in [0.15, 0.2) is 23.8 Å². The molecule has 1 N–H and O–H groups in total. The number of benzene rings is 1. The van der Waals surface area contributed by atoms with Crippen LogP contribution in [0.3, 0.4) is 0 Å². The van der Waals surface area contributed by atoms with E-state index < -0.39 is 0 Å². The molecule has 1 saturated heterocycles. The third-order valence-electron chi connectivity index (χ3n) is 5.01. The average molecular weight is 376 g/mol. The Morgan fingerprint density at radius 3 is 2.85 bits per heavy atom. The van der Waals surface area contributed by atoms with Crippen LogP contribution in [0, 0.1) is 11.3 Å². The summed E-state index contributed by atoms with van der Waals surface area (Å²) >= 11 is 0. The van der Waals surface area contributed by atoms with Gasteiger partial charge in [0, 0.05) is 32.3 Å². The number of halogens is 1. The Bertz CT molecular complexity index is 705. The summed E-state index contributed by atoms with van der Waals surface area (Å²) < 4.78 is 5.39. The van der Waals surface area contributed by atoms with Gasteiger partial charge in [0.25, 0.3) is 5.91 Å². The van der Waals surface area contributed by atoms with Crippen molar-refractivity contribution in [1.82, 2.24) is 10.2 Å². The summed E-state index contributed by atoms with van der Waals surface area (Å²) in [4.78, 5) is 14.7. The van der Waals surface area contributed by atoms with Gasteiger partial charge in [-0.2, -0.15) is 5.26 Å². The fourth-order valence-corrected chi connectivity index (χ4v) is 3.62. The van der Waals surface area contributed by atoms with Crippen LogP contribution >= 0.6 is 12.4 Å². The summed E-state index contributed by atoms with van der Waals surface area (Å²) in [7, 11) is 0. The first-order valence-electron chi connectivity index (χ1n) is 9.06. The first kappa shape index (κ1) is 20.4. The van der Waals surface area contributed by atoms with Crippen LogP contribution in [0.4, 0.5) is 0 Å². The van der Waals surface area contributed by atoms with E-state index >= 15 is 0 Å². The lowest BCUT2D eigenvalue weighted by Gasteiger charge is -2.33. The van der Waals surface area contributed by atoms with Crippen molar-refractivity contribution in [2.24, 2.45) is 0 Å². The Kier molecular flexibility index (Phi) is 7.65. The van der Waals surface area contributed by atoms with Gasteiger partial charge in [-0.3, -0.25) is 4.79 Å². The van der Waals surface area contributed by atoms with Gasteiger partial charge in [-0.25, -0.2) is 0 Å². The van der Waals surface area contributed by atoms with Gasteiger partial charge in [-0.1, -0.05) is 18.2 Å². The van der Waals surface area contributed by atoms with Gasteiger partial charge in [-0.15, -0.1) is 12.4 Å². The lowest BCUT2D eigenvalue weighted by molar-refractivity contribution is -0.130. The number of nitriles is 1. The van der Waals surface area contributed by atoms with Gasteiger partial charge >= 0.3 is 0 Å². The van der Waals surface area contributed by atoms with Gasteiger partial charge in [0.1, 0.15) is 11.6 Å². The molecule has 0 spiro atoms. The van der Waals surface area contributed by atoms with Gasteiger partial charge in [-0.05, 0) is 55.5 Å². The molecule has 0 aromatic heterocycles. The Morgan fingerprint density at radius 1 is 1.38 bits per heavy atom. The molecule has 1 aromatic carbocycles. The molecule has 0 radical (unpaired) electrons. The Morgan fingerprint density at radius 2 is 2.15 bits per heavy atom. The standard InChI is InChI=1S/C20H25N3O2.ClH/c1-2-23(19-6-9-25-10-7-19)20(24)17(13-21)11-15-3-4-16-5-8-22-14-18(16)12-15;/h3-4,11-12,19,22H,2,5-10,14H2,1H3;1H. The second kappa shape index (κ2) is 9.72. The molecule has 0 bridgehead atoms. The minimum Gasteiger partial charge on any atom is -0.381 e. The van der Waals surface area contributed by atoms with E-state index in [-0.39, 0.29) is 29.9 Å². The van der Waals surface area contributed by atoms with Gasteiger partial charge in [0.2, 0.25) is 0 Å². The van der Waals surface area contributed by atoms with Crippen molar-refractivity contribution < 1.29 is 9.53 Å². The normalized spacial score (nSPS) is 17.6. The smallest absolute Gasteiger partial charge is 0.264 e. The number of hydrogen-bond donors (Lipinski definition) is 1. The molecule has 1 fully saturated rings. The van der Waals surface area contributed by atoms with Crippen LogP contribution in [0.25, 0.3) is 6.08 Å². The van der Waals surface area contributed by atoms with Crippen LogP contribution in [-0.2, 0) is 22.5 Å². The maximum Gasteiger partial charge on any atom is 0.264 e. The zero-order valence-corrected chi connectivity index (χ0v) is 16.0. The third kappa shape index (κ3) is 4.64. The van der Waals surface area contributed by atoms with Crippen LogP contribution in [0.2, 0.25) is 0 Å². The Hall–Kier alpha value is -1.87. The topological polar surface area (TPSA) is 65.4 Å². The lowest BCUT2D eigenvalue weighted by Crippen LogP contribution is -2.43. The Balaban J connectivity index is 0.00000243. The highest BCUT2D eigenvalue weighted by molar-refractivity contribution is 6.01. The third-order valence-corrected chi connectivity index (χ3v) is 5.01. The molecule has 2 aliphatic rings. The van der Waals surface area contributed by atoms with E-state index in [0.29, 0.717) is 19.8 Å². The fraction of sp³-hybridized carbons (Fsp3) is 0.500. The first-order chi connectivity index (χ1) is 12.2. The number of carbonyl (C=O) groups is 1. The fourth-order valence-electron chi connectivity index (χ4n) is 3.62. The predicted octanol–water partition coefficient (Wildman–Crippen LogP) is 2.69. The SMILES string of the molecule is CCN(C(=O)C(C#N)=Cc1ccc2c(c1)CNCC2)C1CCOCC1.Cl. The summed E-state index contributed by atoms with van der Waals surface area (Å²) in [5.41, 5.74) is 3.71. The number of amides is 1. The van der Waals surface area contributed by atoms with Crippen LogP contribution in [0.1, 0.15) is 36.5 Å². The first-order valence-corrected chi connectivity index (χ1v) is 9.06. The number of rotatable bonds is 4. The van der Waals surface area contributed by atoms with Crippen molar-refractivity contribution in [2.45, 2.75) is 38.8 Å². The molecule has 140 valence electrons. The molecule has 2 aliphatic heterocycles. The number of likely N-dealkylation sites (N-methyl/N-ethyl adjacent to an activating group) is 1. The van der Waals surface area contributed by atoms with Crippen molar-refractivity contribution >= 4 is 24.4 Å². The highest BCUT2D eigenvalue weighted by atomic mass is 35.5. The van der Waals surface area contributed by atoms with E-state index in [0.717, 1.165) is 37.9 Å². The predicted molar refractivity (Wildman–Crippen MR) is 104 cm³/mol. The van der Waals surface area contributed by atoms with E-state index in [1.165, 1.54) is 11.1 Å². The van der Waals surface area contributed by atoms with Crippen molar-refractivity contribution in [3.8, 4) is 6.07 Å². The molecule has 3 rings (SSSR count). The largest absolute Gasteiger partial charge is 0.381 e. The highest BCUT2D eigenvalue weighted by Crippen LogP contribution is 2.20. The lowest BCUT2D eigenvalue weighted by atomic mass is 9.97. The van der Waals surface area contributed by atoms with E-state index in [1.54, 1.807) is 6.08 Å². The minimum atomic E-state index is -0.173. The van der Waals surface area contributed by atoms with E-state index in [4.69, 9.17) is 4.74 Å². The number of fused-ring (bicyclic) bond motifs is 1. The van der Waals surface area contributed by atoms with E-state index in [9.17, 15) is 10.1 Å². The molecular weight excluding hydrogens is 350 g/mol. The van der Waals surface area contributed by atoms with Crippen molar-refractivity contribution in [3.05, 3.63) is 40.5 Å². The molecule has 0 atom stereocenters. The summed E-state index contributed by atoms with van der Waals surface area (Å²) in [5.74, 6) is -0.173. The molecule has 2 heterocycles. The number of nitrogens with one attached hydrogen (secondary N) is 1. The summed E-state index contributed by atoms with van der Waals surface area (Å²) in [6, 6.07) is 8.46. The van der Waals surface area contributed by atoms with Crippen molar-refractivity contribution in [2.75, 3.05) is 26.3 Å². The van der Waals surface area contributed by atoms with E-state index in [2.05, 4.69) is 23.5 Å². The molecule has 1 amide bonds. The van der Waals surface area contributed by atoms with Crippen LogP contribution in [-0.4, -0.2) is 43.2 Å². The molecule has 0 saturated carbocycles. The molecule has 0 aliphatic carbocycles. The maximum absolute atomic E-state index is 12.9. The summed E-state index contributed by atoms with van der Waals surface area (Å²) in [6.07, 6.45) is 4.42. The van der Waals surface area contributed by atoms with Crippen LogP contribution < -0.4 is 5.32 Å². The number of ether oxygens (including phenoxy) is 1. The second-order valence-corrected chi connectivity index (χ2v) is 6.56. The van der Waals surface area contributed by atoms with Gasteiger partial charge in [0.15, 0.2) is 0 Å². The minimum absolute atomic E-state index is 0. The monoisotopic (exact) mass is 375 g/mol. The summed E-state index contributed by atoms with van der Waals surface area (Å²) in [6.45, 7) is 5.77. The highest BCUT2D eigenvalue weighted by Gasteiger charge is 2.26. The van der Waals surface area contributed by atoms with Crippen LogP contribution in [0.5, 0.6) is 0 Å². The zero-order valence-electron chi connectivity index (χ0n) is 15.2. The number of nitrogens with zero attached hydrogens (tertiary/aromatic N) is 2.